The molecule has 1 fully saturated rings. The van der Waals surface area contributed by atoms with E-state index in [1.54, 1.807) is 0 Å². The summed E-state index contributed by atoms with van der Waals surface area (Å²) in [5.74, 6) is -2.25. The number of hydrogen-bond donors (Lipinski definition) is 1. The topological polar surface area (TPSA) is 24.9 Å². The Bertz CT molecular complexity index is 340. The van der Waals surface area contributed by atoms with Crippen molar-refractivity contribution < 1.29 is 8.78 Å². The fourth-order valence-corrected chi connectivity index (χ4v) is 2.94. The van der Waals surface area contributed by atoms with Gasteiger partial charge in [0.1, 0.15) is 5.69 Å². The number of piperidine rings is 1. The van der Waals surface area contributed by atoms with Crippen molar-refractivity contribution in [3.05, 3.63) is 16.1 Å². The molecule has 1 unspecified atom stereocenters. The van der Waals surface area contributed by atoms with Crippen molar-refractivity contribution in [2.45, 2.75) is 32.1 Å². The maximum Gasteiger partial charge on any atom is 0.287 e. The average molecular weight is 246 g/mol. The molecule has 1 aliphatic heterocycles. The van der Waals surface area contributed by atoms with Crippen LogP contribution in [0.5, 0.6) is 0 Å². The zero-order valence-electron chi connectivity index (χ0n) is 9.30. The first-order valence-electron chi connectivity index (χ1n) is 5.59. The molecule has 90 valence electrons. The number of thiazole rings is 1. The summed E-state index contributed by atoms with van der Waals surface area (Å²) in [6.45, 7) is 2.96. The Morgan fingerprint density at radius 1 is 1.62 bits per heavy atom. The molecule has 2 nitrogen and oxygen atoms in total. The molecular formula is C11H16F2N2S. The maximum atomic E-state index is 13.0. The van der Waals surface area contributed by atoms with E-state index < -0.39 is 5.92 Å². The average Bonchev–Trinajstić information content (AvgIpc) is 2.67. The summed E-state index contributed by atoms with van der Waals surface area (Å²) in [6.07, 6.45) is 3.17. The van der Waals surface area contributed by atoms with Crippen molar-refractivity contribution in [1.29, 1.82) is 0 Å². The second-order valence-electron chi connectivity index (χ2n) is 4.43. The second-order valence-corrected chi connectivity index (χ2v) is 5.37. The van der Waals surface area contributed by atoms with Gasteiger partial charge in [-0.05, 0) is 31.8 Å². The van der Waals surface area contributed by atoms with Crippen LogP contribution in [0.3, 0.4) is 0 Å². The normalized spacial score (nSPS) is 22.3. The Morgan fingerprint density at radius 3 is 3.00 bits per heavy atom. The molecule has 0 spiro atoms. The highest BCUT2D eigenvalue weighted by Gasteiger charge is 2.28. The molecule has 2 rings (SSSR count). The van der Waals surface area contributed by atoms with Crippen LogP contribution in [0.2, 0.25) is 0 Å². The molecule has 2 heterocycles. The summed E-state index contributed by atoms with van der Waals surface area (Å²) >= 11 is 1.35. The van der Waals surface area contributed by atoms with E-state index in [0.717, 1.165) is 31.4 Å². The first-order chi connectivity index (χ1) is 7.55. The highest BCUT2D eigenvalue weighted by atomic mass is 32.1. The zero-order chi connectivity index (χ0) is 11.6. The fourth-order valence-electron chi connectivity index (χ4n) is 1.95. The molecule has 1 N–H and O–H groups in total. The van der Waals surface area contributed by atoms with Gasteiger partial charge in [0.2, 0.25) is 0 Å². The quantitative estimate of drug-likeness (QED) is 0.887. The van der Waals surface area contributed by atoms with Crippen molar-refractivity contribution >= 4 is 11.3 Å². The number of alkyl halides is 2. The van der Waals surface area contributed by atoms with Crippen molar-refractivity contribution in [1.82, 2.24) is 10.3 Å². The van der Waals surface area contributed by atoms with Gasteiger partial charge in [-0.3, -0.25) is 0 Å². The minimum Gasteiger partial charge on any atom is -0.316 e. The third-order valence-corrected chi connectivity index (χ3v) is 3.73. The van der Waals surface area contributed by atoms with E-state index in [1.165, 1.54) is 29.6 Å². The SMILES string of the molecule is CC(F)(F)c1csc(CC2CCCNC2)n1. The predicted octanol–water partition coefficient (Wildman–Crippen LogP) is 2.80. The molecule has 1 aromatic heterocycles. The van der Waals surface area contributed by atoms with Gasteiger partial charge in [0.25, 0.3) is 5.92 Å². The second kappa shape index (κ2) is 4.75. The first-order valence-corrected chi connectivity index (χ1v) is 6.47. The minimum atomic E-state index is -2.81. The predicted molar refractivity (Wildman–Crippen MR) is 61.0 cm³/mol. The van der Waals surface area contributed by atoms with E-state index in [-0.39, 0.29) is 5.69 Å². The Morgan fingerprint density at radius 2 is 2.44 bits per heavy atom. The van der Waals surface area contributed by atoms with Gasteiger partial charge in [-0.25, -0.2) is 4.98 Å². The number of aromatic nitrogens is 1. The van der Waals surface area contributed by atoms with Crippen LogP contribution < -0.4 is 5.32 Å². The van der Waals surface area contributed by atoms with Crippen LogP contribution in [0.1, 0.15) is 30.5 Å². The molecule has 1 saturated heterocycles. The number of nitrogens with one attached hydrogen (secondary N) is 1. The van der Waals surface area contributed by atoms with E-state index >= 15 is 0 Å². The van der Waals surface area contributed by atoms with Crippen molar-refractivity contribution in [3.8, 4) is 0 Å². The van der Waals surface area contributed by atoms with Gasteiger partial charge >= 0.3 is 0 Å². The van der Waals surface area contributed by atoms with E-state index in [1.807, 2.05) is 0 Å². The monoisotopic (exact) mass is 246 g/mol. The molecule has 0 bridgehead atoms. The maximum absolute atomic E-state index is 13.0. The van der Waals surface area contributed by atoms with Gasteiger partial charge < -0.3 is 5.32 Å². The van der Waals surface area contributed by atoms with Gasteiger partial charge in [0.05, 0.1) is 5.01 Å². The summed E-state index contributed by atoms with van der Waals surface area (Å²) in [5, 5.41) is 5.64. The Hall–Kier alpha value is -0.550. The molecular weight excluding hydrogens is 230 g/mol. The van der Waals surface area contributed by atoms with Crippen molar-refractivity contribution in [2.24, 2.45) is 5.92 Å². The molecule has 0 radical (unpaired) electrons. The minimum absolute atomic E-state index is 0.0868. The molecule has 1 aliphatic rings. The molecule has 1 aromatic rings. The lowest BCUT2D eigenvalue weighted by atomic mass is 9.97. The van der Waals surface area contributed by atoms with Gasteiger partial charge in [-0.1, -0.05) is 0 Å². The molecule has 0 amide bonds. The van der Waals surface area contributed by atoms with Crippen molar-refractivity contribution in [2.75, 3.05) is 13.1 Å². The van der Waals surface area contributed by atoms with Crippen LogP contribution in [0, 0.1) is 5.92 Å². The Balaban J connectivity index is 1.97. The summed E-state index contributed by atoms with van der Waals surface area (Å²) in [7, 11) is 0. The molecule has 0 saturated carbocycles. The lowest BCUT2D eigenvalue weighted by molar-refractivity contribution is 0.0132. The van der Waals surface area contributed by atoms with Gasteiger partial charge in [-0.15, -0.1) is 11.3 Å². The molecule has 1 atom stereocenters. The largest absolute Gasteiger partial charge is 0.316 e. The molecule has 0 aliphatic carbocycles. The number of nitrogens with zero attached hydrogens (tertiary/aromatic N) is 1. The van der Waals surface area contributed by atoms with E-state index in [4.69, 9.17) is 0 Å². The van der Waals surface area contributed by atoms with E-state index in [9.17, 15) is 8.78 Å². The summed E-state index contributed by atoms with van der Waals surface area (Å²) < 4.78 is 26.0. The highest BCUT2D eigenvalue weighted by Crippen LogP contribution is 2.29. The fraction of sp³-hybridized carbons (Fsp3) is 0.727. The third-order valence-electron chi connectivity index (χ3n) is 2.86. The Kier molecular flexibility index (Phi) is 3.54. The van der Waals surface area contributed by atoms with Crippen LogP contribution in [-0.4, -0.2) is 18.1 Å². The van der Waals surface area contributed by atoms with Gasteiger partial charge in [-0.2, -0.15) is 8.78 Å². The van der Waals surface area contributed by atoms with Crippen LogP contribution >= 0.6 is 11.3 Å². The Labute approximate surface area is 98.1 Å². The van der Waals surface area contributed by atoms with Crippen molar-refractivity contribution in [3.63, 3.8) is 0 Å². The standard InChI is InChI=1S/C11H16F2N2S/c1-11(12,13)9-7-16-10(15-9)5-8-3-2-4-14-6-8/h7-8,14H,2-6H2,1H3. The van der Waals surface area contributed by atoms with Crippen LogP contribution in [-0.2, 0) is 12.3 Å². The number of hydrogen-bond acceptors (Lipinski definition) is 3. The smallest absolute Gasteiger partial charge is 0.287 e. The summed E-state index contributed by atoms with van der Waals surface area (Å²) in [4.78, 5) is 4.02. The first kappa shape index (κ1) is 11.9. The van der Waals surface area contributed by atoms with Crippen LogP contribution in [0.25, 0.3) is 0 Å². The molecule has 16 heavy (non-hydrogen) atoms. The highest BCUT2D eigenvalue weighted by molar-refractivity contribution is 7.09. The summed E-state index contributed by atoms with van der Waals surface area (Å²) in [6, 6.07) is 0. The van der Waals surface area contributed by atoms with E-state index in [0.29, 0.717) is 5.92 Å². The van der Waals surface area contributed by atoms with E-state index in [2.05, 4.69) is 10.3 Å². The number of halogens is 2. The van der Waals surface area contributed by atoms with Gasteiger partial charge in [0, 0.05) is 18.7 Å². The van der Waals surface area contributed by atoms with Crippen LogP contribution in [0.15, 0.2) is 5.38 Å². The molecule has 0 aromatic carbocycles. The lowest BCUT2D eigenvalue weighted by Gasteiger charge is -2.21. The lowest BCUT2D eigenvalue weighted by Crippen LogP contribution is -2.30. The van der Waals surface area contributed by atoms with Gasteiger partial charge in [0.15, 0.2) is 0 Å². The molecule has 5 heteroatoms. The third kappa shape index (κ3) is 2.98. The number of rotatable bonds is 3. The van der Waals surface area contributed by atoms with Crippen LogP contribution in [0.4, 0.5) is 8.78 Å². The zero-order valence-corrected chi connectivity index (χ0v) is 10.1. The summed E-state index contributed by atoms with van der Waals surface area (Å²) in [5.41, 5.74) is -0.0868.